The number of benzene rings is 2. The summed E-state index contributed by atoms with van der Waals surface area (Å²) >= 11 is 11.7. The van der Waals surface area contributed by atoms with Crippen LogP contribution in [0, 0.1) is 57.2 Å². The number of nitrogens with zero attached hydrogens (tertiary/aromatic N) is 6. The van der Waals surface area contributed by atoms with E-state index in [4.69, 9.17) is 37.4 Å². The van der Waals surface area contributed by atoms with Crippen molar-refractivity contribution in [3.05, 3.63) is 126 Å². The van der Waals surface area contributed by atoms with Gasteiger partial charge in [-0.25, -0.2) is 47.0 Å². The number of rotatable bonds is 24. The van der Waals surface area contributed by atoms with Crippen LogP contribution in [-0.4, -0.2) is 120 Å². The summed E-state index contributed by atoms with van der Waals surface area (Å²) in [6.45, 7) is 14.6. The third-order valence-corrected chi connectivity index (χ3v) is 260. The minimum atomic E-state index is -1.96. The molecule has 126 heavy (non-hydrogen) atoms. The monoisotopic (exact) mass is 2480 g/mol. The zero-order valence-electron chi connectivity index (χ0n) is 68.5. The van der Waals surface area contributed by atoms with Crippen LogP contribution in [0.25, 0.3) is 11.4 Å². The first-order chi connectivity index (χ1) is 57.4. The number of hydrogen-bond donors (Lipinski definition) is 3. The summed E-state index contributed by atoms with van der Waals surface area (Å²) < 4.78 is 25.4. The highest BCUT2D eigenvalue weighted by atomic mass is 35.5. The van der Waals surface area contributed by atoms with Crippen LogP contribution in [0.3, 0.4) is 0 Å². The predicted octanol–water partition coefficient (Wildman–Crippen LogP) is 28.0. The molecule has 0 saturated heterocycles. The molecule has 21 nitrogen and oxygen atoms in total. The van der Waals surface area contributed by atoms with Gasteiger partial charge in [-0.1, -0.05) is 112 Å². The molecule has 4 aromatic rings. The van der Waals surface area contributed by atoms with E-state index < -0.39 is 115 Å². The van der Waals surface area contributed by atoms with E-state index in [1.807, 2.05) is 45.9 Å². The summed E-state index contributed by atoms with van der Waals surface area (Å²) in [6.07, 6.45) is 2.83. The van der Waals surface area contributed by atoms with Gasteiger partial charge in [-0.05, 0) is 235 Å². The molecule has 6 fully saturated rings. The standard InChI is InChI=1S/C32H38ClN3O8.C30H36ClN3O7.3CH4.H22P20.H20P18/c1-18-10-12-31-15-24(43-20(3)37)27(39)32(31,42)30(18,4)25(44-26(38)16-33)14-23(19(31)2)21-11-13-34-28(40)36(29(41)35(34)17-21)22-8-6-5-7-9-22;1-17-9-11-29-14-22(35)25(37)30(29,40)28(17,3)23(41-24(36)15-31)13-21(18(29)2)19-10-12-32-26(38)34(27(39)33(32)16-19)20-7-5-4-6-8-20;;;;1-12(2)17(11)20(18(13(3)4)14(5)6)19(15(7)8)16(9)10;1-11(2)16(12(3)4)18(15(9)10)17(13(5)6)14(7)8/h5-9,11,18-19,23-25,42H,10,12-17H2,1-4H3;4-8,10,17-18,21-23,35,40H,9,11-16H2,1-3H3;3*1H4;1-11H2;1-10H2/t18-,19+,23-,24+,25-,30+,31+,32-;17-,18+,21-,22+,23-,28+,29+,30-;;;;;/m11...../s1. The molecule has 8 aliphatic rings. The number of fused-ring (bicyclic) bond motifs is 2. The van der Waals surface area contributed by atoms with Gasteiger partial charge in [0.2, 0.25) is 5.78 Å². The molecule has 2 aromatic carbocycles. The van der Waals surface area contributed by atoms with Crippen LogP contribution in [-0.2, 0) is 64.4 Å². The summed E-state index contributed by atoms with van der Waals surface area (Å²) in [7, 11) is 65.9. The summed E-state index contributed by atoms with van der Waals surface area (Å²) in [5.41, 5.74) is -7.40. The number of ketones is 2. The average molecular weight is 2480 g/mol. The quantitative estimate of drug-likeness (QED) is 0.0193. The smallest absolute Gasteiger partial charge is 0.352 e. The van der Waals surface area contributed by atoms with Crippen LogP contribution in [0.15, 0.2) is 103 Å². The highest BCUT2D eigenvalue weighted by molar-refractivity contribution is 9.36. The van der Waals surface area contributed by atoms with E-state index in [1.54, 1.807) is 68.4 Å². The Kier molecular flexibility index (Phi) is 52.8. The number of carbonyl (C=O) groups is 5. The second kappa shape index (κ2) is 53.4. The summed E-state index contributed by atoms with van der Waals surface area (Å²) in [5, 5.41) is 36.4. The number of para-hydroxylation sites is 2. The van der Waals surface area contributed by atoms with Crippen molar-refractivity contribution in [2.45, 2.75) is 184 Å². The summed E-state index contributed by atoms with van der Waals surface area (Å²) in [5.74, 6) is -5.61. The Morgan fingerprint density at radius 3 is 1.06 bits per heavy atom. The Bertz CT molecular complexity index is 4700. The number of carbonyl (C=O) groups excluding carboxylic acids is 5. The third-order valence-electron chi connectivity index (χ3n) is 25.7. The third kappa shape index (κ3) is 25.3. The number of hydrogen-bond acceptors (Lipinski definition) is 15. The molecule has 61 heteroatoms. The molecule has 38 atom stereocenters. The second-order valence-electron chi connectivity index (χ2n) is 31.5. The molecule has 2 aliphatic heterocycles. The highest BCUT2D eigenvalue weighted by Gasteiger charge is 2.81. The number of Topliss-reactive ketones (excluding diaryl/α,β-unsaturated/α-hetero) is 2. The lowest BCUT2D eigenvalue weighted by molar-refractivity contribution is -0.234. The molecule has 6 saturated carbocycles. The molecular weight excluding hydrogens is 2350 g/mol. The molecule has 0 spiro atoms. The molecular formula is C65H128Cl2N6O15P38. The van der Waals surface area contributed by atoms with Crippen LogP contribution in [0.5, 0.6) is 0 Å². The molecule has 4 heterocycles. The van der Waals surface area contributed by atoms with Crippen LogP contribution in [0.1, 0.15) is 122 Å². The lowest BCUT2D eigenvalue weighted by Crippen LogP contribution is -2.69. The van der Waals surface area contributed by atoms with Gasteiger partial charge in [-0.15, -0.1) is 211 Å². The molecule has 0 amide bonds. The van der Waals surface area contributed by atoms with E-state index in [1.165, 1.54) is 25.7 Å². The Morgan fingerprint density at radius 1 is 0.444 bits per heavy atom. The molecule has 712 valence electrons. The fourth-order valence-corrected chi connectivity index (χ4v) is 456. The summed E-state index contributed by atoms with van der Waals surface area (Å²) in [4.78, 5) is 119. The topological polar surface area (TPSA) is 272 Å². The second-order valence-corrected chi connectivity index (χ2v) is 181. The minimum absolute atomic E-state index is 0. The number of ether oxygens (including phenoxy) is 3. The van der Waals surface area contributed by atoms with Crippen molar-refractivity contribution >= 4 is 359 Å². The van der Waals surface area contributed by atoms with E-state index in [0.717, 1.165) is 20.3 Å². The Hall–Kier alpha value is 9.95. The van der Waals surface area contributed by atoms with Crippen molar-refractivity contribution in [3.63, 3.8) is 0 Å². The van der Waals surface area contributed by atoms with Crippen molar-refractivity contribution in [2.75, 3.05) is 11.8 Å². The number of allylic oxidation sites excluding steroid dienone is 4. The van der Waals surface area contributed by atoms with Crippen molar-refractivity contribution in [3.8, 4) is 11.4 Å². The molecule has 0 radical (unpaired) electrons. The molecule has 6 aliphatic carbocycles. The zero-order chi connectivity index (χ0) is 92.1. The molecule has 4 bridgehead atoms. The number of alkyl halides is 2. The minimum Gasteiger partial charge on any atom is -0.461 e. The molecule has 2 aromatic heterocycles. The predicted molar refractivity (Wildman–Crippen MR) is 651 cm³/mol. The van der Waals surface area contributed by atoms with Gasteiger partial charge in [0.05, 0.1) is 37.6 Å². The van der Waals surface area contributed by atoms with E-state index in [0.29, 0.717) is 43.5 Å². The zero-order valence-corrected chi connectivity index (χ0v) is 109. The van der Waals surface area contributed by atoms with Gasteiger partial charge in [0.1, 0.15) is 41.3 Å². The van der Waals surface area contributed by atoms with Crippen LogP contribution in [0.4, 0.5) is 0 Å². The van der Waals surface area contributed by atoms with Gasteiger partial charge in [-0.2, -0.15) is 0 Å². The highest BCUT2D eigenvalue weighted by Crippen LogP contribution is 3.31. The first-order valence-corrected chi connectivity index (χ1v) is 106. The van der Waals surface area contributed by atoms with Gasteiger partial charge in [0.15, 0.2) is 11.9 Å². The van der Waals surface area contributed by atoms with Crippen LogP contribution in [0.2, 0.25) is 0 Å². The van der Waals surface area contributed by atoms with E-state index in [2.05, 4.69) is 187 Å². The van der Waals surface area contributed by atoms with Gasteiger partial charge in [0, 0.05) is 35.0 Å². The van der Waals surface area contributed by atoms with Crippen LogP contribution < -0.4 is 22.8 Å². The number of halogens is 2. The van der Waals surface area contributed by atoms with Crippen LogP contribution >= 0.6 is 329 Å². The Morgan fingerprint density at radius 2 is 0.754 bits per heavy atom. The SMILES string of the molecule is C.C.C.CC(=O)O[C@H]1C[C@@]23CC[C@@H](C)[C@@](C)([C@H](OC(=O)CCl)C[C@@H](C4=CCn5c(=O)n(-c6ccccc6)c(=O)n5C4)[C@@H]2C)[C@]3(O)C1=O.C[C@@H]1CC[C@@]23C[C@H](O)C(=O)[C@@]2(O)[C@]1(C)[C@H](OC(=O)CCl)C[C@@H](C1=CCn2c(=O)n(-c4ccccc4)c(=O)n2C1)[C@@H]3C.PP(P)P(P(P)P)P(P(P)P)P(P(P)P)P(P)P.PP(P)P(P)P(P(P(P)P)P(P)P)P(P(P)P)P(P)P. The van der Waals surface area contributed by atoms with E-state index >= 15 is 0 Å². The summed E-state index contributed by atoms with van der Waals surface area (Å²) in [6, 6.07) is 17.5. The molecule has 12 rings (SSSR count). The van der Waals surface area contributed by atoms with Crippen molar-refractivity contribution in [1.82, 2.24) is 27.9 Å². The lowest BCUT2D eigenvalue weighted by Gasteiger charge is -2.60. The largest absolute Gasteiger partial charge is 0.461 e. The van der Waals surface area contributed by atoms with Crippen molar-refractivity contribution in [1.29, 1.82) is 0 Å². The van der Waals surface area contributed by atoms with Crippen molar-refractivity contribution < 1.29 is 53.5 Å². The fourth-order valence-electron chi connectivity index (χ4n) is 19.7. The maximum absolute atomic E-state index is 14.2. The van der Waals surface area contributed by atoms with Crippen molar-refractivity contribution in [2.24, 2.45) is 57.2 Å². The maximum Gasteiger partial charge on any atom is 0.352 e. The number of esters is 3. The molecule has 3 N–H and O–H groups in total. The maximum atomic E-state index is 14.2. The van der Waals surface area contributed by atoms with E-state index in [-0.39, 0.29) is 228 Å². The number of aliphatic hydroxyl groups is 3. The van der Waals surface area contributed by atoms with Gasteiger partial charge < -0.3 is 29.5 Å². The van der Waals surface area contributed by atoms with Gasteiger partial charge in [0.25, 0.3) is 0 Å². The fraction of sp³-hybridized carbons (Fsp3) is 0.615. The Labute approximate surface area is 822 Å². The van der Waals surface area contributed by atoms with Gasteiger partial charge >= 0.3 is 40.7 Å². The first kappa shape index (κ1) is 125. The molecule has 22 unspecified atom stereocenters. The average Bonchev–Trinajstić information content (AvgIpc) is 1.50. The van der Waals surface area contributed by atoms with E-state index in [9.17, 15) is 58.5 Å². The van der Waals surface area contributed by atoms with Gasteiger partial charge in [-0.3, -0.25) is 24.0 Å². The first-order valence-electron chi connectivity index (χ1n) is 37.9. The number of aromatic nitrogens is 6. The normalized spacial score (nSPS) is 29.3. The lowest BCUT2D eigenvalue weighted by atomic mass is 9.46. The number of aliphatic hydroxyl groups excluding tert-OH is 1. The Balaban J connectivity index is 0.000000276.